The molecule has 2 N–H and O–H groups in total. The molecule has 0 atom stereocenters. The van der Waals surface area contributed by atoms with E-state index < -0.39 is 0 Å². The molecule has 0 saturated heterocycles. The summed E-state index contributed by atoms with van der Waals surface area (Å²) in [5, 5.41) is 0. The summed E-state index contributed by atoms with van der Waals surface area (Å²) in [6.07, 6.45) is 0.168. The Bertz CT molecular complexity index is 488. The summed E-state index contributed by atoms with van der Waals surface area (Å²) < 4.78 is 9.85. The SMILES string of the molecule is CCOC(=O)CCN(C)C(=O)c1ccc(OC)c(N)c1. The molecule has 1 aromatic carbocycles. The first-order valence-electron chi connectivity index (χ1n) is 6.34. The standard InChI is InChI=1S/C14H20N2O4/c1-4-20-13(17)7-8-16(2)14(18)10-5-6-12(19-3)11(15)9-10/h5-6,9H,4,7-8,15H2,1-3H3. The van der Waals surface area contributed by atoms with Gasteiger partial charge >= 0.3 is 5.97 Å². The first kappa shape index (κ1) is 15.8. The van der Waals surface area contributed by atoms with Crippen LogP contribution in [0.3, 0.4) is 0 Å². The van der Waals surface area contributed by atoms with Crippen LogP contribution >= 0.6 is 0 Å². The number of carbonyl (C=O) groups excluding carboxylic acids is 2. The molecule has 0 aliphatic carbocycles. The summed E-state index contributed by atoms with van der Waals surface area (Å²) in [6.45, 7) is 2.38. The molecule has 0 heterocycles. The molecule has 0 aromatic heterocycles. The topological polar surface area (TPSA) is 81.9 Å². The molecule has 0 bridgehead atoms. The van der Waals surface area contributed by atoms with E-state index in [-0.39, 0.29) is 18.3 Å². The maximum Gasteiger partial charge on any atom is 0.307 e. The summed E-state index contributed by atoms with van der Waals surface area (Å²) in [6, 6.07) is 4.84. The highest BCUT2D eigenvalue weighted by atomic mass is 16.5. The van der Waals surface area contributed by atoms with Crippen LogP contribution in [0.25, 0.3) is 0 Å². The molecule has 6 nitrogen and oxygen atoms in total. The highest BCUT2D eigenvalue weighted by molar-refractivity contribution is 5.95. The first-order valence-corrected chi connectivity index (χ1v) is 6.34. The third-order valence-corrected chi connectivity index (χ3v) is 2.78. The van der Waals surface area contributed by atoms with Crippen LogP contribution in [-0.2, 0) is 9.53 Å². The summed E-state index contributed by atoms with van der Waals surface area (Å²) >= 11 is 0. The van der Waals surface area contributed by atoms with Gasteiger partial charge in [0.1, 0.15) is 5.75 Å². The normalized spacial score (nSPS) is 9.95. The number of esters is 1. The van der Waals surface area contributed by atoms with E-state index in [1.807, 2.05) is 0 Å². The van der Waals surface area contributed by atoms with Crippen molar-refractivity contribution in [1.29, 1.82) is 0 Å². The molecule has 0 fully saturated rings. The second-order valence-electron chi connectivity index (χ2n) is 4.24. The Balaban J connectivity index is 2.65. The average molecular weight is 280 g/mol. The molecule has 0 aliphatic rings. The summed E-state index contributed by atoms with van der Waals surface area (Å²) in [4.78, 5) is 24.8. The number of methoxy groups -OCH3 is 1. The van der Waals surface area contributed by atoms with Crippen LogP contribution in [0.1, 0.15) is 23.7 Å². The summed E-state index contributed by atoms with van der Waals surface area (Å²) in [7, 11) is 3.14. The van der Waals surface area contributed by atoms with Crippen LogP contribution in [0.5, 0.6) is 5.75 Å². The minimum Gasteiger partial charge on any atom is -0.495 e. The number of carbonyl (C=O) groups is 2. The highest BCUT2D eigenvalue weighted by Gasteiger charge is 2.14. The van der Waals surface area contributed by atoms with Gasteiger partial charge in [-0.2, -0.15) is 0 Å². The van der Waals surface area contributed by atoms with Crippen molar-refractivity contribution < 1.29 is 19.1 Å². The zero-order valence-corrected chi connectivity index (χ0v) is 12.0. The van der Waals surface area contributed by atoms with Gasteiger partial charge in [0.05, 0.1) is 25.8 Å². The maximum atomic E-state index is 12.1. The van der Waals surface area contributed by atoms with E-state index in [0.717, 1.165) is 0 Å². The molecule has 0 radical (unpaired) electrons. The van der Waals surface area contributed by atoms with Crippen LogP contribution in [-0.4, -0.2) is 44.1 Å². The van der Waals surface area contributed by atoms with Crippen molar-refractivity contribution in [2.24, 2.45) is 0 Å². The second kappa shape index (κ2) is 7.37. The monoisotopic (exact) mass is 280 g/mol. The third kappa shape index (κ3) is 4.15. The fourth-order valence-electron chi connectivity index (χ4n) is 1.68. The van der Waals surface area contributed by atoms with Gasteiger partial charge < -0.3 is 20.1 Å². The third-order valence-electron chi connectivity index (χ3n) is 2.78. The number of benzene rings is 1. The number of ether oxygens (including phenoxy) is 2. The Hall–Kier alpha value is -2.24. The fourth-order valence-corrected chi connectivity index (χ4v) is 1.68. The van der Waals surface area contributed by atoms with Crippen molar-refractivity contribution in [2.75, 3.05) is 33.0 Å². The second-order valence-corrected chi connectivity index (χ2v) is 4.24. The van der Waals surface area contributed by atoms with Crippen molar-refractivity contribution in [1.82, 2.24) is 4.90 Å². The van der Waals surface area contributed by atoms with Crippen LogP contribution in [0.15, 0.2) is 18.2 Å². The lowest BCUT2D eigenvalue weighted by atomic mass is 10.1. The van der Waals surface area contributed by atoms with E-state index in [4.69, 9.17) is 15.2 Å². The van der Waals surface area contributed by atoms with Crippen molar-refractivity contribution >= 4 is 17.6 Å². The van der Waals surface area contributed by atoms with Gasteiger partial charge in [-0.25, -0.2) is 0 Å². The molecular formula is C14H20N2O4. The predicted octanol–water partition coefficient (Wildman–Crippen LogP) is 1.30. The lowest BCUT2D eigenvalue weighted by molar-refractivity contribution is -0.143. The van der Waals surface area contributed by atoms with E-state index in [9.17, 15) is 9.59 Å². The van der Waals surface area contributed by atoms with Crippen LogP contribution < -0.4 is 10.5 Å². The van der Waals surface area contributed by atoms with Gasteiger partial charge in [0, 0.05) is 19.2 Å². The molecule has 110 valence electrons. The van der Waals surface area contributed by atoms with Crippen molar-refractivity contribution in [3.05, 3.63) is 23.8 Å². The first-order chi connectivity index (χ1) is 9.49. The molecule has 0 spiro atoms. The molecule has 0 aliphatic heterocycles. The molecule has 1 amide bonds. The number of amides is 1. The number of rotatable bonds is 6. The maximum absolute atomic E-state index is 12.1. The summed E-state index contributed by atoms with van der Waals surface area (Å²) in [5.41, 5.74) is 6.62. The zero-order valence-electron chi connectivity index (χ0n) is 12.0. The number of nitrogens with zero attached hydrogens (tertiary/aromatic N) is 1. The van der Waals surface area contributed by atoms with Gasteiger partial charge in [-0.1, -0.05) is 0 Å². The van der Waals surface area contributed by atoms with Gasteiger partial charge in [-0.15, -0.1) is 0 Å². The molecule has 6 heteroatoms. The van der Waals surface area contributed by atoms with Gasteiger partial charge in [-0.3, -0.25) is 9.59 Å². The lowest BCUT2D eigenvalue weighted by Crippen LogP contribution is -2.29. The van der Waals surface area contributed by atoms with Crippen molar-refractivity contribution in [3.63, 3.8) is 0 Å². The highest BCUT2D eigenvalue weighted by Crippen LogP contribution is 2.22. The van der Waals surface area contributed by atoms with E-state index in [1.165, 1.54) is 12.0 Å². The Labute approximate surface area is 118 Å². The number of anilines is 1. The van der Waals surface area contributed by atoms with Crippen LogP contribution in [0.4, 0.5) is 5.69 Å². The van der Waals surface area contributed by atoms with Crippen molar-refractivity contribution in [3.8, 4) is 5.75 Å². The fraction of sp³-hybridized carbons (Fsp3) is 0.429. The van der Waals surface area contributed by atoms with E-state index in [2.05, 4.69) is 0 Å². The largest absolute Gasteiger partial charge is 0.495 e. The van der Waals surface area contributed by atoms with Gasteiger partial charge in [0.15, 0.2) is 0 Å². The Morgan fingerprint density at radius 3 is 2.60 bits per heavy atom. The molecule has 20 heavy (non-hydrogen) atoms. The number of nitrogens with two attached hydrogens (primary N) is 1. The van der Waals surface area contributed by atoms with E-state index in [1.54, 1.807) is 32.2 Å². The number of nitrogen functional groups attached to an aromatic ring is 1. The summed E-state index contributed by atoms with van der Waals surface area (Å²) in [5.74, 6) is 0.000716. The molecule has 1 rings (SSSR count). The number of hydrogen-bond acceptors (Lipinski definition) is 5. The van der Waals surface area contributed by atoms with Gasteiger partial charge in [-0.05, 0) is 25.1 Å². The Morgan fingerprint density at radius 2 is 2.05 bits per heavy atom. The molecular weight excluding hydrogens is 260 g/mol. The van der Waals surface area contributed by atoms with Crippen LogP contribution in [0.2, 0.25) is 0 Å². The van der Waals surface area contributed by atoms with Gasteiger partial charge in [0.2, 0.25) is 0 Å². The molecule has 1 aromatic rings. The van der Waals surface area contributed by atoms with Crippen LogP contribution in [0, 0.1) is 0 Å². The molecule has 0 saturated carbocycles. The van der Waals surface area contributed by atoms with Crippen molar-refractivity contribution in [2.45, 2.75) is 13.3 Å². The van der Waals surface area contributed by atoms with E-state index >= 15 is 0 Å². The minimum absolute atomic E-state index is 0.168. The Kier molecular flexibility index (Phi) is 5.83. The van der Waals surface area contributed by atoms with Gasteiger partial charge in [0.25, 0.3) is 5.91 Å². The molecule has 0 unspecified atom stereocenters. The average Bonchev–Trinajstić information content (AvgIpc) is 2.44. The smallest absolute Gasteiger partial charge is 0.307 e. The minimum atomic E-state index is -0.318. The lowest BCUT2D eigenvalue weighted by Gasteiger charge is -2.17. The number of hydrogen-bond donors (Lipinski definition) is 1. The predicted molar refractivity (Wildman–Crippen MR) is 75.6 cm³/mol. The van der Waals surface area contributed by atoms with E-state index in [0.29, 0.717) is 30.2 Å². The zero-order chi connectivity index (χ0) is 15.1. The Morgan fingerprint density at radius 1 is 1.35 bits per heavy atom. The quantitative estimate of drug-likeness (QED) is 0.627.